The first-order valence-electron chi connectivity index (χ1n) is 9.70. The molecule has 1 aromatic carbocycles. The molecule has 1 aromatic rings. The van der Waals surface area contributed by atoms with E-state index in [1.165, 1.54) is 36.9 Å². The van der Waals surface area contributed by atoms with Crippen molar-refractivity contribution in [3.8, 4) is 0 Å². The molecule has 1 aliphatic heterocycles. The Morgan fingerprint density at radius 3 is 2.54 bits per heavy atom. The van der Waals surface area contributed by atoms with Gasteiger partial charge in [-0.25, -0.2) is 0 Å². The molecule has 0 aromatic heterocycles. The molecule has 3 heteroatoms. The lowest BCUT2D eigenvalue weighted by atomic mass is 9.69. The Morgan fingerprint density at radius 2 is 1.79 bits per heavy atom. The van der Waals surface area contributed by atoms with Gasteiger partial charge >= 0.3 is 0 Å². The van der Waals surface area contributed by atoms with Crippen LogP contribution in [0, 0.1) is 11.3 Å². The summed E-state index contributed by atoms with van der Waals surface area (Å²) in [6.45, 7) is 11.9. The summed E-state index contributed by atoms with van der Waals surface area (Å²) in [5, 5.41) is 3.92. The zero-order valence-corrected chi connectivity index (χ0v) is 15.7. The molecular weight excluding hydrogens is 296 g/mol. The van der Waals surface area contributed by atoms with Crippen LogP contribution in [0.1, 0.15) is 52.0 Å². The topological polar surface area (TPSA) is 24.5 Å². The molecule has 24 heavy (non-hydrogen) atoms. The van der Waals surface area contributed by atoms with Crippen LogP contribution in [-0.4, -0.2) is 32.3 Å². The molecule has 2 aliphatic rings. The number of hydrogen-bond acceptors (Lipinski definition) is 3. The molecule has 1 saturated heterocycles. The zero-order chi connectivity index (χ0) is 17.0. The van der Waals surface area contributed by atoms with E-state index in [-0.39, 0.29) is 0 Å². The summed E-state index contributed by atoms with van der Waals surface area (Å²) in [6.07, 6.45) is 5.45. The molecule has 1 heterocycles. The third-order valence-corrected chi connectivity index (χ3v) is 5.78. The van der Waals surface area contributed by atoms with Gasteiger partial charge in [-0.1, -0.05) is 51.8 Å². The molecule has 1 aliphatic carbocycles. The lowest BCUT2D eigenvalue weighted by molar-refractivity contribution is 0.122. The van der Waals surface area contributed by atoms with Gasteiger partial charge in [0.25, 0.3) is 0 Å². The summed E-state index contributed by atoms with van der Waals surface area (Å²) in [4.78, 5) is 2.47. The zero-order valence-electron chi connectivity index (χ0n) is 15.7. The molecule has 0 spiro atoms. The molecule has 3 nitrogen and oxygen atoms in total. The van der Waals surface area contributed by atoms with E-state index in [2.05, 4.69) is 55.3 Å². The average molecular weight is 331 g/mol. The number of hydrogen-bond donors (Lipinski definition) is 1. The number of ether oxygens (including phenoxy) is 1. The fraction of sp³-hybridized carbons (Fsp3) is 0.714. The van der Waals surface area contributed by atoms with Crippen molar-refractivity contribution in [1.82, 2.24) is 5.32 Å². The highest BCUT2D eigenvalue weighted by Gasteiger charge is 2.33. The van der Waals surface area contributed by atoms with Crippen LogP contribution in [0.5, 0.6) is 0 Å². The highest BCUT2D eigenvalue weighted by Crippen LogP contribution is 2.38. The summed E-state index contributed by atoms with van der Waals surface area (Å²) >= 11 is 0. The Kier molecular flexibility index (Phi) is 5.83. The first-order chi connectivity index (χ1) is 11.6. The van der Waals surface area contributed by atoms with Gasteiger partial charge < -0.3 is 15.0 Å². The monoisotopic (exact) mass is 330 g/mol. The first-order valence-corrected chi connectivity index (χ1v) is 9.70. The third kappa shape index (κ3) is 4.31. The second-order valence-corrected chi connectivity index (χ2v) is 8.47. The van der Waals surface area contributed by atoms with Crippen molar-refractivity contribution < 1.29 is 4.74 Å². The van der Waals surface area contributed by atoms with E-state index >= 15 is 0 Å². The first kappa shape index (κ1) is 17.8. The lowest BCUT2D eigenvalue weighted by Gasteiger charge is -2.41. The molecule has 134 valence electrons. The Bertz CT molecular complexity index is 517. The van der Waals surface area contributed by atoms with Gasteiger partial charge in [0.15, 0.2) is 0 Å². The predicted molar refractivity (Wildman–Crippen MR) is 102 cm³/mol. The minimum atomic E-state index is 0.391. The SMILES string of the molecule is CC(C)(C)C1CCCCC1NCc1ccccc1N1CCOCC1. The minimum Gasteiger partial charge on any atom is -0.378 e. The van der Waals surface area contributed by atoms with Gasteiger partial charge in [-0.15, -0.1) is 0 Å². The fourth-order valence-corrected chi connectivity index (χ4v) is 4.43. The largest absolute Gasteiger partial charge is 0.378 e. The van der Waals surface area contributed by atoms with Gasteiger partial charge in [-0.2, -0.15) is 0 Å². The summed E-state index contributed by atoms with van der Waals surface area (Å²) in [5.41, 5.74) is 3.20. The Hall–Kier alpha value is -1.06. The number of anilines is 1. The summed E-state index contributed by atoms with van der Waals surface area (Å²) in [6, 6.07) is 9.53. The van der Waals surface area contributed by atoms with Crippen molar-refractivity contribution >= 4 is 5.69 Å². The van der Waals surface area contributed by atoms with Crippen LogP contribution < -0.4 is 10.2 Å². The fourth-order valence-electron chi connectivity index (χ4n) is 4.43. The average Bonchev–Trinajstić information content (AvgIpc) is 2.60. The Balaban J connectivity index is 1.67. The number of nitrogens with zero attached hydrogens (tertiary/aromatic N) is 1. The molecule has 2 fully saturated rings. The van der Waals surface area contributed by atoms with Crippen LogP contribution in [0.25, 0.3) is 0 Å². The maximum absolute atomic E-state index is 5.51. The third-order valence-electron chi connectivity index (χ3n) is 5.78. The Labute approximate surface area is 147 Å². The number of morpholine rings is 1. The number of rotatable bonds is 4. The van der Waals surface area contributed by atoms with Gasteiger partial charge in [0, 0.05) is 31.4 Å². The van der Waals surface area contributed by atoms with E-state index in [0.717, 1.165) is 38.8 Å². The maximum Gasteiger partial charge on any atom is 0.0642 e. The molecule has 3 rings (SSSR count). The summed E-state index contributed by atoms with van der Waals surface area (Å²) < 4.78 is 5.51. The predicted octanol–water partition coefficient (Wildman–Crippen LogP) is 4.22. The van der Waals surface area contributed by atoms with Crippen molar-refractivity contribution in [1.29, 1.82) is 0 Å². The van der Waals surface area contributed by atoms with E-state index in [9.17, 15) is 0 Å². The molecule has 2 unspecified atom stereocenters. The maximum atomic E-state index is 5.51. The lowest BCUT2D eigenvalue weighted by Crippen LogP contribution is -2.44. The smallest absolute Gasteiger partial charge is 0.0642 e. The molecule has 1 saturated carbocycles. The molecule has 0 bridgehead atoms. The highest BCUT2D eigenvalue weighted by atomic mass is 16.5. The van der Waals surface area contributed by atoms with Crippen LogP contribution in [0.15, 0.2) is 24.3 Å². The van der Waals surface area contributed by atoms with Gasteiger partial charge in [0.2, 0.25) is 0 Å². The molecule has 1 N–H and O–H groups in total. The van der Waals surface area contributed by atoms with Crippen molar-refractivity contribution in [2.24, 2.45) is 11.3 Å². The van der Waals surface area contributed by atoms with Crippen LogP contribution in [0.4, 0.5) is 5.69 Å². The van der Waals surface area contributed by atoms with E-state index in [1.807, 2.05) is 0 Å². The van der Waals surface area contributed by atoms with E-state index in [0.29, 0.717) is 11.5 Å². The van der Waals surface area contributed by atoms with Crippen molar-refractivity contribution in [2.75, 3.05) is 31.2 Å². The van der Waals surface area contributed by atoms with Crippen LogP contribution in [-0.2, 0) is 11.3 Å². The normalized spacial score (nSPS) is 25.7. The Morgan fingerprint density at radius 1 is 1.08 bits per heavy atom. The van der Waals surface area contributed by atoms with E-state index in [4.69, 9.17) is 4.74 Å². The second kappa shape index (κ2) is 7.88. The van der Waals surface area contributed by atoms with E-state index in [1.54, 1.807) is 0 Å². The van der Waals surface area contributed by atoms with Gasteiger partial charge in [-0.05, 0) is 35.8 Å². The molecule has 2 atom stereocenters. The van der Waals surface area contributed by atoms with Crippen molar-refractivity contribution in [3.05, 3.63) is 29.8 Å². The number of para-hydroxylation sites is 1. The number of benzene rings is 1. The summed E-state index contributed by atoms with van der Waals surface area (Å²) in [5.74, 6) is 0.779. The second-order valence-electron chi connectivity index (χ2n) is 8.47. The quantitative estimate of drug-likeness (QED) is 0.894. The summed E-state index contributed by atoms with van der Waals surface area (Å²) in [7, 11) is 0. The minimum absolute atomic E-state index is 0.391. The van der Waals surface area contributed by atoms with Crippen molar-refractivity contribution in [2.45, 2.75) is 59.0 Å². The molecular formula is C21H34N2O. The number of nitrogens with one attached hydrogen (secondary N) is 1. The van der Waals surface area contributed by atoms with Gasteiger partial charge in [0.05, 0.1) is 13.2 Å². The molecule has 0 amide bonds. The molecule has 0 radical (unpaired) electrons. The van der Waals surface area contributed by atoms with Gasteiger partial charge in [0.1, 0.15) is 0 Å². The van der Waals surface area contributed by atoms with Crippen LogP contribution >= 0.6 is 0 Å². The van der Waals surface area contributed by atoms with E-state index < -0.39 is 0 Å². The van der Waals surface area contributed by atoms with Crippen molar-refractivity contribution in [3.63, 3.8) is 0 Å². The standard InChI is InChI=1S/C21H34N2O/c1-21(2,3)18-9-5-6-10-19(18)22-16-17-8-4-7-11-20(17)23-12-14-24-15-13-23/h4,7-8,11,18-19,22H,5-6,9-10,12-16H2,1-3H3. The van der Waals surface area contributed by atoms with Gasteiger partial charge in [-0.3, -0.25) is 0 Å². The van der Waals surface area contributed by atoms with Crippen LogP contribution in [0.2, 0.25) is 0 Å². The van der Waals surface area contributed by atoms with Crippen LogP contribution in [0.3, 0.4) is 0 Å². The highest BCUT2D eigenvalue weighted by molar-refractivity contribution is 5.53.